The van der Waals surface area contributed by atoms with Gasteiger partial charge in [-0.3, -0.25) is 4.79 Å². The lowest BCUT2D eigenvalue weighted by Crippen LogP contribution is -2.28. The molecule has 1 aromatic carbocycles. The smallest absolute Gasteiger partial charge is 0.257 e. The first-order chi connectivity index (χ1) is 11.1. The van der Waals surface area contributed by atoms with Crippen molar-refractivity contribution in [3.8, 4) is 0 Å². The molecule has 0 bridgehead atoms. The van der Waals surface area contributed by atoms with Gasteiger partial charge in [-0.05, 0) is 37.5 Å². The molecule has 1 N–H and O–H groups in total. The molecular formula is C19H20N2O2. The van der Waals surface area contributed by atoms with E-state index < -0.39 is 0 Å². The molecule has 0 fully saturated rings. The molecule has 0 aliphatic rings. The van der Waals surface area contributed by atoms with Crippen LogP contribution in [0.1, 0.15) is 46.6 Å². The van der Waals surface area contributed by atoms with Crippen molar-refractivity contribution in [2.24, 2.45) is 0 Å². The van der Waals surface area contributed by atoms with Crippen LogP contribution in [0.15, 0.2) is 47.1 Å². The lowest BCUT2D eigenvalue weighted by atomic mass is 10.0. The van der Waals surface area contributed by atoms with E-state index in [-0.39, 0.29) is 11.9 Å². The fourth-order valence-corrected chi connectivity index (χ4v) is 2.83. The second-order valence-electron chi connectivity index (χ2n) is 5.75. The normalized spacial score (nSPS) is 12.3. The molecule has 1 unspecified atom stereocenters. The number of amides is 1. The third-order valence-corrected chi connectivity index (χ3v) is 4.00. The van der Waals surface area contributed by atoms with E-state index in [4.69, 9.17) is 4.42 Å². The second kappa shape index (κ2) is 6.24. The van der Waals surface area contributed by atoms with Crippen molar-refractivity contribution in [1.29, 1.82) is 0 Å². The molecule has 3 aromatic rings. The highest BCUT2D eigenvalue weighted by atomic mass is 16.3. The first-order valence-electron chi connectivity index (χ1n) is 7.81. The van der Waals surface area contributed by atoms with Crippen molar-refractivity contribution in [2.45, 2.75) is 33.2 Å². The molecule has 0 saturated carbocycles. The fraction of sp³-hybridized carbons (Fsp3) is 0.263. The fourth-order valence-electron chi connectivity index (χ4n) is 2.83. The van der Waals surface area contributed by atoms with Crippen LogP contribution in [-0.4, -0.2) is 10.9 Å². The summed E-state index contributed by atoms with van der Waals surface area (Å²) < 4.78 is 5.55. The highest BCUT2D eigenvalue weighted by Gasteiger charge is 2.20. The van der Waals surface area contributed by atoms with Crippen LogP contribution < -0.4 is 5.32 Å². The number of nitrogens with zero attached hydrogens (tertiary/aromatic N) is 1. The van der Waals surface area contributed by atoms with Gasteiger partial charge in [-0.25, -0.2) is 4.98 Å². The van der Waals surface area contributed by atoms with E-state index in [2.05, 4.69) is 17.2 Å². The van der Waals surface area contributed by atoms with Gasteiger partial charge in [-0.1, -0.05) is 37.3 Å². The molecule has 1 atom stereocenters. The Hall–Kier alpha value is -2.62. The Bertz CT molecular complexity index is 837. The zero-order chi connectivity index (χ0) is 16.4. The number of furan rings is 1. The van der Waals surface area contributed by atoms with Gasteiger partial charge < -0.3 is 9.73 Å². The van der Waals surface area contributed by atoms with Crippen molar-refractivity contribution in [3.05, 3.63) is 65.0 Å². The monoisotopic (exact) mass is 308 g/mol. The Morgan fingerprint density at radius 3 is 2.70 bits per heavy atom. The van der Waals surface area contributed by atoms with Gasteiger partial charge >= 0.3 is 0 Å². The summed E-state index contributed by atoms with van der Waals surface area (Å²) in [6.07, 6.45) is 2.31. The lowest BCUT2D eigenvalue weighted by molar-refractivity contribution is 0.0936. The minimum absolute atomic E-state index is 0.0282. The molecule has 0 saturated heterocycles. The minimum atomic E-state index is -0.156. The van der Waals surface area contributed by atoms with Gasteiger partial charge in [-0.15, -0.1) is 0 Å². The number of fused-ring (bicyclic) bond motifs is 1. The summed E-state index contributed by atoms with van der Waals surface area (Å²) in [6.45, 7) is 5.93. The number of rotatable bonds is 4. The largest absolute Gasteiger partial charge is 0.461 e. The number of carbonyl (C=O) groups is 1. The number of carbonyl (C=O) groups excluding carboxylic acids is 1. The van der Waals surface area contributed by atoms with Gasteiger partial charge in [0.25, 0.3) is 5.91 Å². The number of nitrogens with one attached hydrogen (secondary N) is 1. The summed E-state index contributed by atoms with van der Waals surface area (Å²) in [7, 11) is 0. The average Bonchev–Trinajstić information content (AvgIpc) is 2.97. The molecule has 23 heavy (non-hydrogen) atoms. The van der Waals surface area contributed by atoms with E-state index in [0.29, 0.717) is 16.7 Å². The quantitative estimate of drug-likeness (QED) is 0.780. The van der Waals surface area contributed by atoms with Crippen LogP contribution in [0.3, 0.4) is 0 Å². The Kier molecular flexibility index (Phi) is 4.15. The van der Waals surface area contributed by atoms with Crippen molar-refractivity contribution in [3.63, 3.8) is 0 Å². The van der Waals surface area contributed by atoms with E-state index in [0.717, 1.165) is 23.2 Å². The van der Waals surface area contributed by atoms with Gasteiger partial charge in [0, 0.05) is 5.69 Å². The molecule has 2 aromatic heterocycles. The van der Waals surface area contributed by atoms with E-state index in [1.165, 1.54) is 6.26 Å². The predicted octanol–water partition coefficient (Wildman–Crippen LogP) is 4.33. The molecule has 0 aliphatic heterocycles. The summed E-state index contributed by atoms with van der Waals surface area (Å²) in [4.78, 5) is 17.1. The molecule has 4 heteroatoms. The molecule has 2 heterocycles. The Morgan fingerprint density at radius 2 is 2.00 bits per heavy atom. The van der Waals surface area contributed by atoms with Crippen LogP contribution in [0.4, 0.5) is 0 Å². The summed E-state index contributed by atoms with van der Waals surface area (Å²) in [5, 5.41) is 3.08. The zero-order valence-electron chi connectivity index (χ0n) is 13.6. The standard InChI is InChI=1S/C19H20N2O2/c1-4-16(14-8-6-5-7-9-14)21-19(22)15-11-23-18-12(2)10-13(3)20-17(15)18/h5-11,16H,4H2,1-3H3,(H,21,22). The van der Waals surface area contributed by atoms with Crippen LogP contribution in [0.5, 0.6) is 0 Å². The van der Waals surface area contributed by atoms with Crippen LogP contribution in [0.25, 0.3) is 11.1 Å². The topological polar surface area (TPSA) is 55.1 Å². The maximum atomic E-state index is 12.7. The van der Waals surface area contributed by atoms with Gasteiger partial charge in [0.05, 0.1) is 6.04 Å². The Morgan fingerprint density at radius 1 is 1.26 bits per heavy atom. The molecule has 0 radical (unpaired) electrons. The number of aromatic nitrogens is 1. The van der Waals surface area contributed by atoms with Crippen molar-refractivity contribution >= 4 is 17.0 Å². The first kappa shape index (κ1) is 15.3. The Balaban J connectivity index is 1.92. The maximum absolute atomic E-state index is 12.7. The SMILES string of the molecule is CCC(NC(=O)c1coc2c(C)cc(C)nc12)c1ccccc1. The predicted molar refractivity (Wildman–Crippen MR) is 90.4 cm³/mol. The molecule has 1 amide bonds. The van der Waals surface area contributed by atoms with E-state index in [1.807, 2.05) is 50.2 Å². The zero-order valence-corrected chi connectivity index (χ0v) is 13.6. The summed E-state index contributed by atoms with van der Waals surface area (Å²) in [6, 6.07) is 11.9. The van der Waals surface area contributed by atoms with Crippen molar-refractivity contribution in [1.82, 2.24) is 10.3 Å². The number of hydrogen-bond donors (Lipinski definition) is 1. The number of aryl methyl sites for hydroxylation is 2. The van der Waals surface area contributed by atoms with Crippen LogP contribution >= 0.6 is 0 Å². The first-order valence-corrected chi connectivity index (χ1v) is 7.81. The van der Waals surface area contributed by atoms with Gasteiger partial charge in [0.15, 0.2) is 5.58 Å². The van der Waals surface area contributed by atoms with Crippen molar-refractivity contribution in [2.75, 3.05) is 0 Å². The van der Waals surface area contributed by atoms with Gasteiger partial charge in [0.1, 0.15) is 17.3 Å². The van der Waals surface area contributed by atoms with E-state index >= 15 is 0 Å². The van der Waals surface area contributed by atoms with Crippen LogP contribution in [-0.2, 0) is 0 Å². The summed E-state index contributed by atoms with van der Waals surface area (Å²) in [5.41, 5.74) is 4.75. The molecule has 0 spiro atoms. The number of pyridine rings is 1. The third kappa shape index (κ3) is 2.97. The number of hydrogen-bond acceptors (Lipinski definition) is 3. The molecule has 4 nitrogen and oxygen atoms in total. The highest BCUT2D eigenvalue weighted by molar-refractivity contribution is 6.05. The van der Waals surface area contributed by atoms with E-state index in [1.54, 1.807) is 0 Å². The maximum Gasteiger partial charge on any atom is 0.257 e. The second-order valence-corrected chi connectivity index (χ2v) is 5.75. The van der Waals surface area contributed by atoms with Crippen molar-refractivity contribution < 1.29 is 9.21 Å². The highest BCUT2D eigenvalue weighted by Crippen LogP contribution is 2.24. The molecular weight excluding hydrogens is 288 g/mol. The van der Waals surface area contributed by atoms with Crippen LogP contribution in [0, 0.1) is 13.8 Å². The summed E-state index contributed by atoms with van der Waals surface area (Å²) >= 11 is 0. The summed E-state index contributed by atoms with van der Waals surface area (Å²) in [5.74, 6) is -0.156. The average molecular weight is 308 g/mol. The molecule has 3 rings (SSSR count). The Labute approximate surface area is 135 Å². The third-order valence-electron chi connectivity index (χ3n) is 4.00. The number of benzene rings is 1. The van der Waals surface area contributed by atoms with Gasteiger partial charge in [0.2, 0.25) is 0 Å². The van der Waals surface area contributed by atoms with Crippen LogP contribution in [0.2, 0.25) is 0 Å². The van der Waals surface area contributed by atoms with Gasteiger partial charge in [-0.2, -0.15) is 0 Å². The molecule has 118 valence electrons. The lowest BCUT2D eigenvalue weighted by Gasteiger charge is -2.17. The minimum Gasteiger partial charge on any atom is -0.461 e. The molecule has 0 aliphatic carbocycles. The van der Waals surface area contributed by atoms with E-state index in [9.17, 15) is 4.79 Å².